The Balaban J connectivity index is 2.07. The van der Waals surface area contributed by atoms with Crippen LogP contribution in [0.3, 0.4) is 0 Å². The molecule has 0 saturated heterocycles. The highest BCUT2D eigenvalue weighted by Crippen LogP contribution is 2.33. The molecule has 2 rings (SSSR count). The fourth-order valence-corrected chi connectivity index (χ4v) is 2.79. The summed E-state index contributed by atoms with van der Waals surface area (Å²) >= 11 is 0. The number of amides is 1. The predicted molar refractivity (Wildman–Crippen MR) is 73.3 cm³/mol. The molecule has 0 bridgehead atoms. The first-order chi connectivity index (χ1) is 10.3. The molecule has 0 radical (unpaired) electrons. The first kappa shape index (κ1) is 16.7. The maximum atomic E-state index is 13.1. The van der Waals surface area contributed by atoms with E-state index in [2.05, 4.69) is 0 Å². The molecule has 1 fully saturated rings. The van der Waals surface area contributed by atoms with Crippen molar-refractivity contribution in [2.24, 2.45) is 11.7 Å². The molecule has 0 spiro atoms. The Morgan fingerprint density at radius 2 is 1.91 bits per heavy atom. The third-order valence-corrected chi connectivity index (χ3v) is 4.00. The van der Waals surface area contributed by atoms with E-state index in [1.807, 2.05) is 5.32 Å². The maximum Gasteiger partial charge on any atom is 0.412 e. The van der Waals surface area contributed by atoms with Crippen LogP contribution in [0, 0.1) is 11.7 Å². The predicted octanol–water partition coefficient (Wildman–Crippen LogP) is 3.06. The Morgan fingerprint density at radius 1 is 1.27 bits per heavy atom. The SMILES string of the molecule is N[C@@H]1CCC[C@H]1CC(=O)NC(c1ccc(F)cc1)C(F)(F)F. The highest BCUT2D eigenvalue weighted by Gasteiger charge is 2.42. The zero-order valence-electron chi connectivity index (χ0n) is 11.9. The summed E-state index contributed by atoms with van der Waals surface area (Å²) in [5.41, 5.74) is 5.63. The molecular formula is C15H18F4N2O. The Morgan fingerprint density at radius 3 is 2.41 bits per heavy atom. The minimum absolute atomic E-state index is 0.0189. The number of carbonyl (C=O) groups excluding carboxylic acids is 1. The summed E-state index contributed by atoms with van der Waals surface area (Å²) in [7, 11) is 0. The van der Waals surface area contributed by atoms with E-state index in [9.17, 15) is 22.4 Å². The molecular weight excluding hydrogens is 300 g/mol. The van der Waals surface area contributed by atoms with Gasteiger partial charge >= 0.3 is 6.18 Å². The van der Waals surface area contributed by atoms with Gasteiger partial charge in [-0.15, -0.1) is 0 Å². The van der Waals surface area contributed by atoms with Crippen molar-refractivity contribution in [1.29, 1.82) is 0 Å². The Labute approximate surface area is 125 Å². The zero-order valence-corrected chi connectivity index (χ0v) is 11.9. The lowest BCUT2D eigenvalue weighted by Gasteiger charge is -2.23. The normalized spacial score (nSPS) is 23.3. The summed E-state index contributed by atoms with van der Waals surface area (Å²) < 4.78 is 52.2. The number of nitrogens with one attached hydrogen (secondary N) is 1. The molecule has 3 nitrogen and oxygen atoms in total. The number of benzene rings is 1. The van der Waals surface area contributed by atoms with Gasteiger partial charge in [0.25, 0.3) is 0 Å². The van der Waals surface area contributed by atoms with Crippen molar-refractivity contribution in [3.8, 4) is 0 Å². The van der Waals surface area contributed by atoms with Gasteiger partial charge in [0.15, 0.2) is 6.04 Å². The van der Waals surface area contributed by atoms with Crippen molar-refractivity contribution in [2.45, 2.75) is 43.9 Å². The van der Waals surface area contributed by atoms with E-state index in [4.69, 9.17) is 5.73 Å². The third kappa shape index (κ3) is 4.19. The molecule has 7 heteroatoms. The number of nitrogens with two attached hydrogens (primary N) is 1. The van der Waals surface area contributed by atoms with Crippen LogP contribution in [0.15, 0.2) is 24.3 Å². The van der Waals surface area contributed by atoms with Gasteiger partial charge in [-0.25, -0.2) is 4.39 Å². The van der Waals surface area contributed by atoms with Gasteiger partial charge in [0.05, 0.1) is 0 Å². The van der Waals surface area contributed by atoms with Crippen molar-refractivity contribution in [3.05, 3.63) is 35.6 Å². The van der Waals surface area contributed by atoms with Gasteiger partial charge in [0.1, 0.15) is 5.82 Å². The Hall–Kier alpha value is -1.63. The van der Waals surface area contributed by atoms with E-state index in [-0.39, 0.29) is 23.9 Å². The fraction of sp³-hybridized carbons (Fsp3) is 0.533. The van der Waals surface area contributed by atoms with Crippen LogP contribution in [0.25, 0.3) is 0 Å². The van der Waals surface area contributed by atoms with E-state index >= 15 is 0 Å². The maximum absolute atomic E-state index is 13.1. The minimum Gasteiger partial charge on any atom is -0.341 e. The largest absolute Gasteiger partial charge is 0.412 e. The van der Waals surface area contributed by atoms with E-state index in [1.165, 1.54) is 0 Å². The molecule has 22 heavy (non-hydrogen) atoms. The molecule has 3 N–H and O–H groups in total. The van der Waals surface area contributed by atoms with Crippen LogP contribution in [0.2, 0.25) is 0 Å². The van der Waals surface area contributed by atoms with Gasteiger partial charge in [-0.2, -0.15) is 13.2 Å². The summed E-state index contributed by atoms with van der Waals surface area (Å²) in [5, 5.41) is 2.00. The molecule has 0 aliphatic heterocycles. The summed E-state index contributed by atoms with van der Waals surface area (Å²) in [4.78, 5) is 11.9. The van der Waals surface area contributed by atoms with Gasteiger partial charge in [-0.1, -0.05) is 18.6 Å². The number of hydrogen-bond acceptors (Lipinski definition) is 2. The van der Waals surface area contributed by atoms with Crippen molar-refractivity contribution in [3.63, 3.8) is 0 Å². The standard InChI is InChI=1S/C15H18F4N2O/c16-11-6-4-9(5-7-11)14(15(17,18)19)21-13(22)8-10-2-1-3-12(10)20/h4-7,10,12,14H,1-3,8,20H2,(H,21,22)/t10-,12+,14?/m0/s1. The quantitative estimate of drug-likeness (QED) is 0.838. The highest BCUT2D eigenvalue weighted by atomic mass is 19.4. The second-order valence-electron chi connectivity index (χ2n) is 5.65. The third-order valence-electron chi connectivity index (χ3n) is 4.00. The van der Waals surface area contributed by atoms with Crippen LogP contribution < -0.4 is 11.1 Å². The van der Waals surface area contributed by atoms with Crippen LogP contribution in [-0.4, -0.2) is 18.1 Å². The molecule has 1 saturated carbocycles. The van der Waals surface area contributed by atoms with Crippen molar-refractivity contribution < 1.29 is 22.4 Å². The molecule has 1 aliphatic rings. The first-order valence-electron chi connectivity index (χ1n) is 7.14. The summed E-state index contributed by atoms with van der Waals surface area (Å²) in [6, 6.07) is 1.64. The van der Waals surface area contributed by atoms with Crippen LogP contribution in [0.1, 0.15) is 37.3 Å². The van der Waals surface area contributed by atoms with Crippen molar-refractivity contribution in [2.75, 3.05) is 0 Å². The first-order valence-corrected chi connectivity index (χ1v) is 7.14. The zero-order chi connectivity index (χ0) is 16.3. The average Bonchev–Trinajstić information content (AvgIpc) is 2.82. The Kier molecular flexibility index (Phi) is 5.05. The highest BCUT2D eigenvalue weighted by molar-refractivity contribution is 5.77. The number of rotatable bonds is 4. The van der Waals surface area contributed by atoms with Crippen LogP contribution in [-0.2, 0) is 4.79 Å². The smallest absolute Gasteiger partial charge is 0.341 e. The monoisotopic (exact) mass is 318 g/mol. The van der Waals surface area contributed by atoms with Gasteiger partial charge in [-0.3, -0.25) is 4.79 Å². The lowest BCUT2D eigenvalue weighted by molar-refractivity contribution is -0.163. The van der Waals surface area contributed by atoms with Crippen LogP contribution in [0.4, 0.5) is 17.6 Å². The lowest BCUT2D eigenvalue weighted by atomic mass is 9.99. The lowest BCUT2D eigenvalue weighted by Crippen LogP contribution is -2.40. The van der Waals surface area contributed by atoms with E-state index in [0.717, 1.165) is 43.5 Å². The topological polar surface area (TPSA) is 55.1 Å². The molecule has 0 heterocycles. The Bertz CT molecular complexity index is 515. The molecule has 122 valence electrons. The van der Waals surface area contributed by atoms with Gasteiger partial charge < -0.3 is 11.1 Å². The second-order valence-corrected chi connectivity index (χ2v) is 5.65. The van der Waals surface area contributed by atoms with Gasteiger partial charge in [0.2, 0.25) is 5.91 Å². The molecule has 1 amide bonds. The van der Waals surface area contributed by atoms with Crippen molar-refractivity contribution >= 4 is 5.91 Å². The van der Waals surface area contributed by atoms with Crippen LogP contribution in [0.5, 0.6) is 0 Å². The summed E-state index contributed by atoms with van der Waals surface area (Å²) in [6.07, 6.45) is -2.24. The molecule has 1 unspecified atom stereocenters. The van der Waals surface area contributed by atoms with Crippen LogP contribution >= 0.6 is 0 Å². The molecule has 3 atom stereocenters. The second kappa shape index (κ2) is 6.64. The number of halogens is 4. The molecule has 1 aliphatic carbocycles. The minimum atomic E-state index is -4.65. The molecule has 1 aromatic rings. The number of hydrogen-bond donors (Lipinski definition) is 2. The fourth-order valence-electron chi connectivity index (χ4n) is 2.79. The van der Waals surface area contributed by atoms with Gasteiger partial charge in [-0.05, 0) is 36.5 Å². The average molecular weight is 318 g/mol. The van der Waals surface area contributed by atoms with Gasteiger partial charge in [0, 0.05) is 12.5 Å². The number of alkyl halides is 3. The molecule has 1 aromatic carbocycles. The van der Waals surface area contributed by atoms with Crippen molar-refractivity contribution in [1.82, 2.24) is 5.32 Å². The summed E-state index contributed by atoms with van der Waals surface area (Å²) in [5.74, 6) is -1.40. The van der Waals surface area contributed by atoms with E-state index in [1.54, 1.807) is 0 Å². The van der Waals surface area contributed by atoms with E-state index < -0.39 is 23.9 Å². The molecule has 0 aromatic heterocycles. The summed E-state index contributed by atoms with van der Waals surface area (Å²) in [6.45, 7) is 0. The number of carbonyl (C=O) groups is 1. The van der Waals surface area contributed by atoms with E-state index in [0.29, 0.717) is 0 Å².